The van der Waals surface area contributed by atoms with Crippen LogP contribution in [0.15, 0.2) is 48.5 Å². The number of nitrogens with one attached hydrogen (secondary N) is 3. The molecule has 0 aliphatic heterocycles. The first kappa shape index (κ1) is 23.2. The lowest BCUT2D eigenvalue weighted by Gasteiger charge is -2.19. The van der Waals surface area contributed by atoms with Crippen molar-refractivity contribution in [3.05, 3.63) is 65.5 Å². The molecule has 1 unspecified atom stereocenters. The molecule has 3 N–H and O–H groups in total. The van der Waals surface area contributed by atoms with Gasteiger partial charge in [-0.25, -0.2) is 9.18 Å². The Bertz CT molecular complexity index is 825. The van der Waals surface area contributed by atoms with Gasteiger partial charge in [0.1, 0.15) is 17.6 Å². The van der Waals surface area contributed by atoms with Crippen LogP contribution < -0.4 is 20.7 Å². The standard InChI is InChI=1S/C23H30FN3O3/c1-4-7-20(27-23(29)26-14-17-10-12-19(24)13-11-17)22(28)25-15-18-8-5-6-9-21(18)30-16(2)3/h5-6,8-13,16,20H,4,7,14-15H2,1-3H3,(H,25,28)(H2,26,27,29). The Hall–Kier alpha value is -3.09. The number of hydrogen-bond donors (Lipinski definition) is 3. The van der Waals surface area contributed by atoms with E-state index in [1.54, 1.807) is 12.1 Å². The molecule has 30 heavy (non-hydrogen) atoms. The molecule has 3 amide bonds. The lowest BCUT2D eigenvalue weighted by molar-refractivity contribution is -0.123. The first-order chi connectivity index (χ1) is 14.4. The van der Waals surface area contributed by atoms with E-state index in [0.29, 0.717) is 13.0 Å². The quantitative estimate of drug-likeness (QED) is 0.551. The van der Waals surface area contributed by atoms with Crippen molar-refractivity contribution < 1.29 is 18.7 Å². The summed E-state index contributed by atoms with van der Waals surface area (Å²) in [5, 5.41) is 8.29. The molecule has 0 aliphatic rings. The third-order valence-corrected chi connectivity index (χ3v) is 4.35. The van der Waals surface area contributed by atoms with E-state index in [-0.39, 0.29) is 24.4 Å². The molecule has 0 radical (unpaired) electrons. The predicted molar refractivity (Wildman–Crippen MR) is 115 cm³/mol. The predicted octanol–water partition coefficient (Wildman–Crippen LogP) is 3.90. The van der Waals surface area contributed by atoms with Gasteiger partial charge in [-0.2, -0.15) is 0 Å². The molecule has 2 aromatic carbocycles. The van der Waals surface area contributed by atoms with E-state index in [2.05, 4.69) is 16.0 Å². The van der Waals surface area contributed by atoms with Crippen molar-refractivity contribution in [2.24, 2.45) is 0 Å². The molecule has 0 fully saturated rings. The summed E-state index contributed by atoms with van der Waals surface area (Å²) >= 11 is 0. The van der Waals surface area contributed by atoms with Crippen LogP contribution in [0.3, 0.4) is 0 Å². The number of benzene rings is 2. The number of carbonyl (C=O) groups is 2. The van der Waals surface area contributed by atoms with Crippen LogP contribution in [-0.2, 0) is 17.9 Å². The molecule has 7 heteroatoms. The van der Waals surface area contributed by atoms with Crippen molar-refractivity contribution in [2.75, 3.05) is 0 Å². The summed E-state index contributed by atoms with van der Waals surface area (Å²) in [6.07, 6.45) is 1.28. The molecule has 6 nitrogen and oxygen atoms in total. The zero-order valence-electron chi connectivity index (χ0n) is 17.7. The van der Waals surface area contributed by atoms with E-state index >= 15 is 0 Å². The second-order valence-electron chi connectivity index (χ2n) is 7.29. The molecule has 2 rings (SSSR count). The first-order valence-electron chi connectivity index (χ1n) is 10.2. The fourth-order valence-electron chi connectivity index (χ4n) is 2.88. The van der Waals surface area contributed by atoms with Crippen LogP contribution in [0, 0.1) is 5.82 Å². The highest BCUT2D eigenvalue weighted by atomic mass is 19.1. The molecule has 2 aromatic rings. The number of ether oxygens (including phenoxy) is 1. The highest BCUT2D eigenvalue weighted by Crippen LogP contribution is 2.19. The summed E-state index contributed by atoms with van der Waals surface area (Å²) < 4.78 is 18.7. The number of rotatable bonds is 10. The number of hydrogen-bond acceptors (Lipinski definition) is 3. The Morgan fingerprint density at radius 2 is 1.70 bits per heavy atom. The van der Waals surface area contributed by atoms with Crippen molar-refractivity contribution in [3.8, 4) is 5.75 Å². The van der Waals surface area contributed by atoms with Gasteiger partial charge < -0.3 is 20.7 Å². The second-order valence-corrected chi connectivity index (χ2v) is 7.29. The molecule has 0 spiro atoms. The summed E-state index contributed by atoms with van der Waals surface area (Å²) in [6, 6.07) is 12.3. The molecule has 0 aliphatic carbocycles. The third-order valence-electron chi connectivity index (χ3n) is 4.35. The highest BCUT2D eigenvalue weighted by molar-refractivity contribution is 5.87. The molecule has 162 valence electrons. The van der Waals surface area contributed by atoms with Gasteiger partial charge in [0.05, 0.1) is 6.10 Å². The average molecular weight is 416 g/mol. The number of halogens is 1. The molecule has 0 saturated heterocycles. The van der Waals surface area contributed by atoms with Crippen molar-refractivity contribution in [3.63, 3.8) is 0 Å². The summed E-state index contributed by atoms with van der Waals surface area (Å²) in [4.78, 5) is 24.9. The van der Waals surface area contributed by atoms with Gasteiger partial charge in [0.25, 0.3) is 0 Å². The number of carbonyl (C=O) groups excluding carboxylic acids is 2. The van der Waals surface area contributed by atoms with Gasteiger partial charge in [-0.15, -0.1) is 0 Å². The molecule has 1 atom stereocenters. The summed E-state index contributed by atoms with van der Waals surface area (Å²) in [5.41, 5.74) is 1.64. The zero-order chi connectivity index (χ0) is 21.9. The van der Waals surface area contributed by atoms with Crippen molar-refractivity contribution in [2.45, 2.75) is 58.8 Å². The van der Waals surface area contributed by atoms with E-state index in [9.17, 15) is 14.0 Å². The van der Waals surface area contributed by atoms with Crippen molar-refractivity contribution in [1.29, 1.82) is 0 Å². The molecular weight excluding hydrogens is 385 g/mol. The van der Waals surface area contributed by atoms with Gasteiger partial charge in [0.15, 0.2) is 0 Å². The van der Waals surface area contributed by atoms with E-state index in [1.165, 1.54) is 12.1 Å². The van der Waals surface area contributed by atoms with Gasteiger partial charge in [-0.05, 0) is 44.0 Å². The fourth-order valence-corrected chi connectivity index (χ4v) is 2.88. The second kappa shape index (κ2) is 11.8. The van der Waals surface area contributed by atoms with Gasteiger partial charge in [0, 0.05) is 18.7 Å². The van der Waals surface area contributed by atoms with E-state index < -0.39 is 12.1 Å². The summed E-state index contributed by atoms with van der Waals surface area (Å²) in [7, 11) is 0. The summed E-state index contributed by atoms with van der Waals surface area (Å²) in [6.45, 7) is 6.39. The molecule has 0 heterocycles. The molecular formula is C23H30FN3O3. The van der Waals surface area contributed by atoms with Crippen molar-refractivity contribution in [1.82, 2.24) is 16.0 Å². The van der Waals surface area contributed by atoms with Gasteiger partial charge in [-0.1, -0.05) is 43.7 Å². The van der Waals surface area contributed by atoms with Crippen LogP contribution >= 0.6 is 0 Å². The minimum absolute atomic E-state index is 0.0289. The zero-order valence-corrected chi connectivity index (χ0v) is 17.7. The Kier molecular flexibility index (Phi) is 9.12. The monoisotopic (exact) mass is 415 g/mol. The Morgan fingerprint density at radius 1 is 1.00 bits per heavy atom. The van der Waals surface area contributed by atoms with Gasteiger partial charge >= 0.3 is 6.03 Å². The first-order valence-corrected chi connectivity index (χ1v) is 10.2. The Balaban J connectivity index is 1.89. The topological polar surface area (TPSA) is 79.5 Å². The Labute approximate surface area is 177 Å². The van der Waals surface area contributed by atoms with E-state index in [1.807, 2.05) is 45.0 Å². The van der Waals surface area contributed by atoms with Gasteiger partial charge in [-0.3, -0.25) is 4.79 Å². The largest absolute Gasteiger partial charge is 0.491 e. The van der Waals surface area contributed by atoms with Crippen LogP contribution in [0.2, 0.25) is 0 Å². The number of amides is 3. The lowest BCUT2D eigenvalue weighted by Crippen LogP contribution is -2.49. The lowest BCUT2D eigenvalue weighted by atomic mass is 10.1. The van der Waals surface area contributed by atoms with E-state index in [0.717, 1.165) is 23.3 Å². The van der Waals surface area contributed by atoms with Crippen LogP contribution in [-0.4, -0.2) is 24.1 Å². The molecule has 0 aromatic heterocycles. The number of para-hydroxylation sites is 1. The van der Waals surface area contributed by atoms with E-state index in [4.69, 9.17) is 4.74 Å². The molecule has 0 bridgehead atoms. The van der Waals surface area contributed by atoms with Crippen molar-refractivity contribution >= 4 is 11.9 Å². The maximum absolute atomic E-state index is 13.0. The van der Waals surface area contributed by atoms with Gasteiger partial charge in [0.2, 0.25) is 5.91 Å². The molecule has 0 saturated carbocycles. The van der Waals surface area contributed by atoms with Crippen LogP contribution in [0.1, 0.15) is 44.7 Å². The third kappa shape index (κ3) is 7.73. The smallest absolute Gasteiger partial charge is 0.315 e. The maximum atomic E-state index is 13.0. The Morgan fingerprint density at radius 3 is 2.37 bits per heavy atom. The summed E-state index contributed by atoms with van der Waals surface area (Å²) in [5.74, 6) is 0.140. The average Bonchev–Trinajstić information content (AvgIpc) is 2.72. The fraction of sp³-hybridized carbons (Fsp3) is 0.391. The van der Waals surface area contributed by atoms with Crippen LogP contribution in [0.25, 0.3) is 0 Å². The normalized spacial score (nSPS) is 11.6. The van der Waals surface area contributed by atoms with Crippen LogP contribution in [0.5, 0.6) is 5.75 Å². The minimum atomic E-state index is -0.651. The van der Waals surface area contributed by atoms with Crippen LogP contribution in [0.4, 0.5) is 9.18 Å². The highest BCUT2D eigenvalue weighted by Gasteiger charge is 2.20. The minimum Gasteiger partial charge on any atom is -0.491 e. The SMILES string of the molecule is CCCC(NC(=O)NCc1ccc(F)cc1)C(=O)NCc1ccccc1OC(C)C. The number of urea groups is 1. The maximum Gasteiger partial charge on any atom is 0.315 e.